The van der Waals surface area contributed by atoms with Gasteiger partial charge in [-0.1, -0.05) is 6.07 Å². The summed E-state index contributed by atoms with van der Waals surface area (Å²) in [5.74, 6) is -0.309. The number of aromatic nitrogens is 1. The van der Waals surface area contributed by atoms with Crippen molar-refractivity contribution in [3.05, 3.63) is 30.1 Å². The van der Waals surface area contributed by atoms with Crippen LogP contribution in [0.2, 0.25) is 0 Å². The van der Waals surface area contributed by atoms with E-state index in [2.05, 4.69) is 9.72 Å². The van der Waals surface area contributed by atoms with E-state index in [1.165, 1.54) is 7.11 Å². The zero-order chi connectivity index (χ0) is 9.68. The number of ether oxygens (including phenoxy) is 1. The topological polar surface area (TPSA) is 65.2 Å². The highest BCUT2D eigenvalue weighted by atomic mass is 16.5. The number of esters is 1. The Hall–Kier alpha value is -1.42. The second-order valence-electron chi connectivity index (χ2n) is 2.67. The molecule has 0 amide bonds. The minimum Gasteiger partial charge on any atom is -0.469 e. The number of rotatable bonds is 3. The van der Waals surface area contributed by atoms with E-state index in [9.17, 15) is 4.79 Å². The van der Waals surface area contributed by atoms with E-state index in [4.69, 9.17) is 5.73 Å². The van der Waals surface area contributed by atoms with Crippen LogP contribution in [-0.4, -0.2) is 18.1 Å². The van der Waals surface area contributed by atoms with E-state index in [-0.39, 0.29) is 18.4 Å². The van der Waals surface area contributed by atoms with Gasteiger partial charge in [-0.15, -0.1) is 0 Å². The van der Waals surface area contributed by atoms with Gasteiger partial charge in [-0.25, -0.2) is 0 Å². The number of pyridine rings is 1. The minimum atomic E-state index is -0.332. The van der Waals surface area contributed by atoms with E-state index < -0.39 is 0 Å². The van der Waals surface area contributed by atoms with Crippen molar-refractivity contribution >= 4 is 5.97 Å². The van der Waals surface area contributed by atoms with Gasteiger partial charge in [0.25, 0.3) is 0 Å². The molecule has 0 spiro atoms. The second kappa shape index (κ2) is 4.57. The molecule has 1 aromatic heterocycles. The molecule has 4 heteroatoms. The van der Waals surface area contributed by atoms with Crippen LogP contribution in [0, 0.1) is 0 Å². The van der Waals surface area contributed by atoms with Crippen molar-refractivity contribution in [1.29, 1.82) is 0 Å². The Morgan fingerprint density at radius 1 is 1.77 bits per heavy atom. The van der Waals surface area contributed by atoms with E-state index in [1.54, 1.807) is 18.5 Å². The Kier molecular flexibility index (Phi) is 3.40. The molecule has 0 fully saturated rings. The van der Waals surface area contributed by atoms with Gasteiger partial charge < -0.3 is 10.5 Å². The third-order valence-electron chi connectivity index (χ3n) is 1.73. The average Bonchev–Trinajstić information content (AvgIpc) is 2.19. The van der Waals surface area contributed by atoms with Crippen LogP contribution in [0.15, 0.2) is 24.5 Å². The van der Waals surface area contributed by atoms with Crippen LogP contribution in [0.4, 0.5) is 0 Å². The highest BCUT2D eigenvalue weighted by Gasteiger charge is 2.11. The molecule has 4 nitrogen and oxygen atoms in total. The Balaban J connectivity index is 2.59. The monoisotopic (exact) mass is 180 g/mol. The van der Waals surface area contributed by atoms with Crippen LogP contribution in [0.25, 0.3) is 0 Å². The lowest BCUT2D eigenvalue weighted by atomic mass is 10.1. The molecule has 0 bridgehead atoms. The largest absolute Gasteiger partial charge is 0.469 e. The van der Waals surface area contributed by atoms with E-state index in [0.717, 1.165) is 5.56 Å². The number of carbonyl (C=O) groups is 1. The normalized spacial score (nSPS) is 12.2. The van der Waals surface area contributed by atoms with Crippen molar-refractivity contribution in [3.63, 3.8) is 0 Å². The highest BCUT2D eigenvalue weighted by Crippen LogP contribution is 2.12. The number of hydrogen-bond acceptors (Lipinski definition) is 4. The lowest BCUT2D eigenvalue weighted by Crippen LogP contribution is -2.16. The molecule has 13 heavy (non-hydrogen) atoms. The van der Waals surface area contributed by atoms with E-state index >= 15 is 0 Å². The Morgan fingerprint density at radius 2 is 2.54 bits per heavy atom. The second-order valence-corrected chi connectivity index (χ2v) is 2.67. The van der Waals surface area contributed by atoms with Crippen molar-refractivity contribution in [2.24, 2.45) is 5.73 Å². The number of hydrogen-bond donors (Lipinski definition) is 1. The van der Waals surface area contributed by atoms with Crippen molar-refractivity contribution in [2.45, 2.75) is 12.5 Å². The third kappa shape index (κ3) is 2.83. The van der Waals surface area contributed by atoms with Crippen LogP contribution in [0.5, 0.6) is 0 Å². The molecular formula is C9H12N2O2. The molecule has 2 N–H and O–H groups in total. The molecule has 0 aliphatic carbocycles. The fourth-order valence-corrected chi connectivity index (χ4v) is 0.976. The lowest BCUT2D eigenvalue weighted by molar-refractivity contribution is -0.141. The Labute approximate surface area is 76.7 Å². The summed E-state index contributed by atoms with van der Waals surface area (Å²) < 4.78 is 4.50. The summed E-state index contributed by atoms with van der Waals surface area (Å²) >= 11 is 0. The maximum Gasteiger partial charge on any atom is 0.307 e. The number of carbonyl (C=O) groups excluding carboxylic acids is 1. The van der Waals surface area contributed by atoms with E-state index in [1.807, 2.05) is 6.07 Å². The Morgan fingerprint density at radius 3 is 3.08 bits per heavy atom. The minimum absolute atomic E-state index is 0.183. The fourth-order valence-electron chi connectivity index (χ4n) is 0.976. The van der Waals surface area contributed by atoms with Crippen molar-refractivity contribution in [1.82, 2.24) is 4.98 Å². The van der Waals surface area contributed by atoms with Gasteiger partial charge in [-0.2, -0.15) is 0 Å². The molecule has 1 atom stereocenters. The van der Waals surface area contributed by atoms with Crippen molar-refractivity contribution < 1.29 is 9.53 Å². The molecular weight excluding hydrogens is 168 g/mol. The SMILES string of the molecule is COC(=O)CC(N)c1cccnc1. The molecule has 1 aromatic rings. The Bertz CT molecular complexity index is 274. The van der Waals surface area contributed by atoms with Crippen LogP contribution in [-0.2, 0) is 9.53 Å². The molecule has 0 saturated carbocycles. The third-order valence-corrected chi connectivity index (χ3v) is 1.73. The highest BCUT2D eigenvalue weighted by molar-refractivity contribution is 5.70. The summed E-state index contributed by atoms with van der Waals surface area (Å²) in [6.07, 6.45) is 3.49. The van der Waals surface area contributed by atoms with Crippen molar-refractivity contribution in [3.8, 4) is 0 Å². The van der Waals surface area contributed by atoms with Gasteiger partial charge in [0, 0.05) is 18.4 Å². The first-order chi connectivity index (χ1) is 6.24. The zero-order valence-electron chi connectivity index (χ0n) is 7.43. The fraction of sp³-hybridized carbons (Fsp3) is 0.333. The number of nitrogens with two attached hydrogens (primary N) is 1. The molecule has 0 saturated heterocycles. The van der Waals surface area contributed by atoms with Crippen LogP contribution < -0.4 is 5.73 Å². The summed E-state index contributed by atoms with van der Waals surface area (Å²) in [5.41, 5.74) is 6.57. The molecule has 0 aliphatic rings. The quantitative estimate of drug-likeness (QED) is 0.693. The molecule has 0 radical (unpaired) electrons. The first-order valence-electron chi connectivity index (χ1n) is 3.96. The maximum atomic E-state index is 10.9. The summed E-state index contributed by atoms with van der Waals surface area (Å²) in [5, 5.41) is 0. The predicted molar refractivity (Wildman–Crippen MR) is 47.8 cm³/mol. The summed E-state index contributed by atoms with van der Waals surface area (Å²) in [6, 6.07) is 3.29. The van der Waals surface area contributed by atoms with Gasteiger partial charge >= 0.3 is 5.97 Å². The van der Waals surface area contributed by atoms with Crippen LogP contribution in [0.1, 0.15) is 18.0 Å². The molecule has 0 aromatic carbocycles. The smallest absolute Gasteiger partial charge is 0.307 e. The van der Waals surface area contributed by atoms with Gasteiger partial charge in [0.1, 0.15) is 0 Å². The molecule has 0 aliphatic heterocycles. The van der Waals surface area contributed by atoms with E-state index in [0.29, 0.717) is 0 Å². The lowest BCUT2D eigenvalue weighted by Gasteiger charge is -2.08. The summed E-state index contributed by atoms with van der Waals surface area (Å²) in [4.78, 5) is 14.8. The number of nitrogens with zero attached hydrogens (tertiary/aromatic N) is 1. The van der Waals surface area contributed by atoms with Gasteiger partial charge in [-0.3, -0.25) is 9.78 Å². The van der Waals surface area contributed by atoms with Crippen LogP contribution in [0.3, 0.4) is 0 Å². The van der Waals surface area contributed by atoms with Gasteiger partial charge in [0.2, 0.25) is 0 Å². The molecule has 1 unspecified atom stereocenters. The molecule has 1 rings (SSSR count). The average molecular weight is 180 g/mol. The van der Waals surface area contributed by atoms with Gasteiger partial charge in [0.05, 0.1) is 13.5 Å². The summed E-state index contributed by atoms with van der Waals surface area (Å²) in [6.45, 7) is 0. The first-order valence-corrected chi connectivity index (χ1v) is 3.96. The van der Waals surface area contributed by atoms with Crippen LogP contribution >= 0.6 is 0 Å². The first kappa shape index (κ1) is 9.67. The standard InChI is InChI=1S/C9H12N2O2/c1-13-9(12)5-8(10)7-3-2-4-11-6-7/h2-4,6,8H,5,10H2,1H3. The van der Waals surface area contributed by atoms with Gasteiger partial charge in [-0.05, 0) is 11.6 Å². The molecule has 70 valence electrons. The maximum absolute atomic E-state index is 10.9. The van der Waals surface area contributed by atoms with Gasteiger partial charge in [0.15, 0.2) is 0 Å². The summed E-state index contributed by atoms with van der Waals surface area (Å²) in [7, 11) is 1.35. The van der Waals surface area contributed by atoms with Crippen molar-refractivity contribution in [2.75, 3.05) is 7.11 Å². The zero-order valence-corrected chi connectivity index (χ0v) is 7.43. The molecule has 1 heterocycles. The predicted octanol–water partition coefficient (Wildman–Crippen LogP) is 0.644. The number of methoxy groups -OCH3 is 1.